The topological polar surface area (TPSA) is 72.2 Å². The number of nitrogens with one attached hydrogen (secondary N) is 1. The van der Waals surface area contributed by atoms with Crippen molar-refractivity contribution in [3.63, 3.8) is 0 Å². The number of anilines is 2. The van der Waals surface area contributed by atoms with Crippen LogP contribution in [0.3, 0.4) is 0 Å². The van der Waals surface area contributed by atoms with Gasteiger partial charge in [-0.2, -0.15) is 0 Å². The molecular formula is C24H14BrCl3F4N2O2. The Bertz CT molecular complexity index is 1400. The maximum atomic E-state index is 14.2. The predicted octanol–water partition coefficient (Wildman–Crippen LogP) is 7.19. The number of carbonyl (C=O) groups is 2. The van der Waals surface area contributed by atoms with Gasteiger partial charge in [0.2, 0.25) is 5.91 Å². The third-order valence-corrected chi connectivity index (χ3v) is 7.64. The van der Waals surface area contributed by atoms with Crippen molar-refractivity contribution in [2.24, 2.45) is 5.92 Å². The molecule has 1 aliphatic rings. The van der Waals surface area contributed by atoms with Crippen molar-refractivity contribution >= 4 is 73.8 Å². The lowest BCUT2D eigenvalue weighted by Crippen LogP contribution is -2.17. The lowest BCUT2D eigenvalue weighted by molar-refractivity contribution is -0.117. The second-order valence-corrected chi connectivity index (χ2v) is 10.9. The van der Waals surface area contributed by atoms with Gasteiger partial charge in [0.1, 0.15) is 15.8 Å². The largest absolute Gasteiger partial charge is 0.394 e. The van der Waals surface area contributed by atoms with Crippen LogP contribution in [0.15, 0.2) is 46.9 Å². The molecule has 1 fully saturated rings. The summed E-state index contributed by atoms with van der Waals surface area (Å²) >= 11 is 21.6. The average Bonchev–Trinajstić information content (AvgIpc) is 3.40. The Labute approximate surface area is 225 Å². The molecule has 4 rings (SSSR count). The van der Waals surface area contributed by atoms with E-state index in [1.807, 2.05) is 0 Å². The molecule has 1 amide bonds. The first-order chi connectivity index (χ1) is 16.8. The summed E-state index contributed by atoms with van der Waals surface area (Å²) in [6.45, 7) is 0. The fourth-order valence-corrected chi connectivity index (χ4v) is 5.38. The van der Waals surface area contributed by atoms with Crippen molar-refractivity contribution in [2.75, 3.05) is 11.1 Å². The molecule has 0 bridgehead atoms. The quantitative estimate of drug-likeness (QED) is 0.100. The maximum absolute atomic E-state index is 14.2. The van der Waals surface area contributed by atoms with E-state index in [4.69, 9.17) is 40.5 Å². The number of rotatable bonds is 6. The number of hydrogen-bond acceptors (Lipinski definition) is 3. The Balaban J connectivity index is 1.53. The van der Waals surface area contributed by atoms with Crippen molar-refractivity contribution < 1.29 is 27.2 Å². The minimum atomic E-state index is -1.58. The smallest absolute Gasteiger partial charge is 0.231 e. The number of Topliss-reactive ketones (excluding diaryl/α,β-unsaturated/α-hetero) is 1. The van der Waals surface area contributed by atoms with Gasteiger partial charge >= 0.3 is 0 Å². The molecule has 3 aromatic rings. The summed E-state index contributed by atoms with van der Waals surface area (Å²) in [5, 5.41) is 2.61. The molecular weight excluding hydrogens is 611 g/mol. The van der Waals surface area contributed by atoms with Crippen molar-refractivity contribution in [2.45, 2.75) is 16.7 Å². The Morgan fingerprint density at radius 1 is 1.00 bits per heavy atom. The zero-order valence-corrected chi connectivity index (χ0v) is 21.7. The lowest BCUT2D eigenvalue weighted by Gasteiger charge is -2.10. The molecule has 0 radical (unpaired) electrons. The van der Waals surface area contributed by atoms with Gasteiger partial charge in [-0.05, 0) is 63.5 Å². The third-order valence-electron chi connectivity index (χ3n) is 5.79. The molecule has 0 aromatic heterocycles. The van der Waals surface area contributed by atoms with Crippen LogP contribution < -0.4 is 11.1 Å². The number of ketones is 1. The second kappa shape index (κ2) is 9.85. The summed E-state index contributed by atoms with van der Waals surface area (Å²) in [7, 11) is 0. The van der Waals surface area contributed by atoms with Crippen molar-refractivity contribution in [3.05, 3.63) is 91.9 Å². The third kappa shape index (κ3) is 4.94. The zero-order valence-electron chi connectivity index (χ0n) is 17.8. The number of halogens is 8. The Morgan fingerprint density at radius 3 is 2.36 bits per heavy atom. The average molecular weight is 625 g/mol. The lowest BCUT2D eigenvalue weighted by atomic mass is 10.0. The summed E-state index contributed by atoms with van der Waals surface area (Å²) < 4.78 is 53.4. The number of amides is 1. The number of benzene rings is 3. The number of nitrogen functional groups attached to an aromatic ring is 1. The summed E-state index contributed by atoms with van der Waals surface area (Å²) in [5.41, 5.74) is 4.86. The van der Waals surface area contributed by atoms with Crippen LogP contribution in [0.1, 0.15) is 27.4 Å². The van der Waals surface area contributed by atoms with Crippen molar-refractivity contribution in [1.29, 1.82) is 0 Å². The molecule has 3 aromatic carbocycles. The van der Waals surface area contributed by atoms with Gasteiger partial charge in [-0.1, -0.05) is 17.7 Å². The molecule has 188 valence electrons. The molecule has 2 atom stereocenters. The summed E-state index contributed by atoms with van der Waals surface area (Å²) in [4.78, 5) is 25.7. The van der Waals surface area contributed by atoms with E-state index in [9.17, 15) is 27.2 Å². The first kappa shape index (κ1) is 26.7. The van der Waals surface area contributed by atoms with Crippen LogP contribution >= 0.6 is 50.7 Å². The maximum Gasteiger partial charge on any atom is 0.231 e. The SMILES string of the molecule is Nc1c(F)ccc(CC(=O)c2cc(NC(=O)C3C(c4cc(F)c(F)c(Br)c4)C3(Cl)Cl)ccc2Cl)c1F. The highest BCUT2D eigenvalue weighted by molar-refractivity contribution is 9.10. The Morgan fingerprint density at radius 2 is 1.69 bits per heavy atom. The first-order valence-electron chi connectivity index (χ1n) is 10.2. The van der Waals surface area contributed by atoms with Gasteiger partial charge in [0, 0.05) is 23.6 Å². The van der Waals surface area contributed by atoms with E-state index in [2.05, 4.69) is 21.2 Å². The molecule has 3 N–H and O–H groups in total. The highest BCUT2D eigenvalue weighted by Gasteiger charge is 2.67. The number of nitrogens with two attached hydrogens (primary N) is 1. The van der Waals surface area contributed by atoms with Gasteiger partial charge in [0.05, 0.1) is 15.4 Å². The minimum absolute atomic E-state index is 0.0309. The van der Waals surface area contributed by atoms with Gasteiger partial charge in [-0.15, -0.1) is 23.2 Å². The van der Waals surface area contributed by atoms with Crippen LogP contribution in [0.5, 0.6) is 0 Å². The molecule has 0 heterocycles. The fraction of sp³-hybridized carbons (Fsp3) is 0.167. The summed E-state index contributed by atoms with van der Waals surface area (Å²) in [6.07, 6.45) is -0.463. The molecule has 0 saturated heterocycles. The van der Waals surface area contributed by atoms with Gasteiger partial charge < -0.3 is 11.1 Å². The van der Waals surface area contributed by atoms with Gasteiger partial charge in [-0.25, -0.2) is 17.6 Å². The van der Waals surface area contributed by atoms with Crippen molar-refractivity contribution in [1.82, 2.24) is 0 Å². The van der Waals surface area contributed by atoms with Crippen molar-refractivity contribution in [3.8, 4) is 0 Å². The van der Waals surface area contributed by atoms with E-state index in [1.54, 1.807) is 0 Å². The number of hydrogen-bond donors (Lipinski definition) is 2. The van der Waals surface area contributed by atoms with Crippen LogP contribution in [0, 0.1) is 29.2 Å². The monoisotopic (exact) mass is 622 g/mol. The highest BCUT2D eigenvalue weighted by Crippen LogP contribution is 2.65. The van der Waals surface area contributed by atoms with Crippen LogP contribution in [-0.2, 0) is 11.2 Å². The first-order valence-corrected chi connectivity index (χ1v) is 12.1. The van der Waals surface area contributed by atoms with E-state index in [0.29, 0.717) is 0 Å². The number of carbonyl (C=O) groups excluding carboxylic acids is 2. The fourth-order valence-electron chi connectivity index (χ4n) is 3.88. The van der Waals surface area contributed by atoms with Crippen LogP contribution in [-0.4, -0.2) is 16.0 Å². The van der Waals surface area contributed by atoms with E-state index in [0.717, 1.165) is 18.2 Å². The second-order valence-electron chi connectivity index (χ2n) is 8.15. The van der Waals surface area contributed by atoms with Crippen LogP contribution in [0.25, 0.3) is 0 Å². The summed E-state index contributed by atoms with van der Waals surface area (Å²) in [6, 6.07) is 8.30. The zero-order chi connectivity index (χ0) is 26.5. The minimum Gasteiger partial charge on any atom is -0.394 e. The molecule has 12 heteroatoms. The van der Waals surface area contributed by atoms with E-state index >= 15 is 0 Å². The molecule has 2 unspecified atom stereocenters. The van der Waals surface area contributed by atoms with Crippen LogP contribution in [0.2, 0.25) is 5.02 Å². The van der Waals surface area contributed by atoms with Gasteiger partial charge in [0.15, 0.2) is 23.2 Å². The standard InChI is InChI=1S/C24H14BrCl3F4N2O2/c25-13-5-10(6-16(30)21(13)32)18-19(24(18,27)28)23(36)34-11-2-3-14(26)12(8-11)17(35)7-9-1-4-15(29)22(33)20(9)31/h1-6,8,18-19H,7,33H2,(H,34,36). The molecule has 1 saturated carbocycles. The normalized spacial score (nSPS) is 18.1. The molecule has 1 aliphatic carbocycles. The Hall–Kier alpha value is -2.33. The molecule has 0 spiro atoms. The van der Waals surface area contributed by atoms with E-state index in [1.165, 1.54) is 24.3 Å². The van der Waals surface area contributed by atoms with Gasteiger partial charge in [0.25, 0.3) is 0 Å². The van der Waals surface area contributed by atoms with Gasteiger partial charge in [-0.3, -0.25) is 9.59 Å². The van der Waals surface area contributed by atoms with E-state index < -0.39 is 63.2 Å². The van der Waals surface area contributed by atoms with E-state index in [-0.39, 0.29) is 31.9 Å². The summed E-state index contributed by atoms with van der Waals surface area (Å²) in [5.74, 6) is -7.30. The molecule has 36 heavy (non-hydrogen) atoms. The number of alkyl halides is 2. The Kier molecular flexibility index (Phi) is 7.31. The molecule has 4 nitrogen and oxygen atoms in total. The molecule has 0 aliphatic heterocycles. The predicted molar refractivity (Wildman–Crippen MR) is 134 cm³/mol. The van der Waals surface area contributed by atoms with Crippen LogP contribution in [0.4, 0.5) is 28.9 Å². The highest BCUT2D eigenvalue weighted by atomic mass is 79.9.